The fraction of sp³-hybridized carbons (Fsp3) is 0.200. The Morgan fingerprint density at radius 3 is 1.97 bits per heavy atom. The van der Waals surface area contributed by atoms with Crippen LogP contribution in [0.15, 0.2) is 48.5 Å². The summed E-state index contributed by atoms with van der Waals surface area (Å²) in [6.07, 6.45) is 0. The maximum Gasteiger partial charge on any atom is 0.337 e. The molecule has 0 saturated heterocycles. The van der Waals surface area contributed by atoms with Crippen molar-refractivity contribution in [1.29, 1.82) is 0 Å². The van der Waals surface area contributed by atoms with Crippen molar-refractivity contribution in [2.45, 2.75) is 0 Å². The van der Waals surface area contributed by atoms with Gasteiger partial charge in [-0.05, 0) is 30.3 Å². The number of rotatable bonds is 8. The zero-order chi connectivity index (χ0) is 21.2. The number of benzene rings is 2. The van der Waals surface area contributed by atoms with Crippen molar-refractivity contribution in [2.24, 2.45) is 0 Å². The standard InChI is InChI=1S/C20H20N2O7/c1-27-19(25)13-8-14(20(26)28-2)10-15(9-13)22-17(23)11-21-18(24)12-29-16-6-4-3-5-7-16/h3-10H,11-12H2,1-2H3,(H,21,24)(H,22,23). The molecule has 0 aromatic heterocycles. The van der Waals surface area contributed by atoms with E-state index in [9.17, 15) is 19.2 Å². The summed E-state index contributed by atoms with van der Waals surface area (Å²) in [7, 11) is 2.39. The number of carbonyl (C=O) groups is 4. The molecule has 0 aliphatic carbocycles. The van der Waals surface area contributed by atoms with Gasteiger partial charge in [0.25, 0.3) is 5.91 Å². The van der Waals surface area contributed by atoms with E-state index in [1.807, 2.05) is 6.07 Å². The Hall–Kier alpha value is -3.88. The average molecular weight is 400 g/mol. The summed E-state index contributed by atoms with van der Waals surface area (Å²) >= 11 is 0. The van der Waals surface area contributed by atoms with Crippen LogP contribution in [-0.2, 0) is 19.1 Å². The summed E-state index contributed by atoms with van der Waals surface area (Å²) < 4.78 is 14.5. The molecule has 152 valence electrons. The molecule has 29 heavy (non-hydrogen) atoms. The van der Waals surface area contributed by atoms with E-state index in [0.29, 0.717) is 5.75 Å². The van der Waals surface area contributed by atoms with Gasteiger partial charge in [-0.15, -0.1) is 0 Å². The van der Waals surface area contributed by atoms with Crippen molar-refractivity contribution >= 4 is 29.4 Å². The average Bonchev–Trinajstić information content (AvgIpc) is 2.75. The van der Waals surface area contributed by atoms with Gasteiger partial charge in [-0.1, -0.05) is 18.2 Å². The lowest BCUT2D eigenvalue weighted by Gasteiger charge is -2.10. The minimum atomic E-state index is -0.683. The first-order valence-corrected chi connectivity index (χ1v) is 8.49. The van der Waals surface area contributed by atoms with Crippen LogP contribution in [0.1, 0.15) is 20.7 Å². The molecule has 2 N–H and O–H groups in total. The lowest BCUT2D eigenvalue weighted by atomic mass is 10.1. The lowest BCUT2D eigenvalue weighted by molar-refractivity contribution is -0.125. The number of anilines is 1. The molecule has 9 heteroatoms. The van der Waals surface area contributed by atoms with Gasteiger partial charge in [0.2, 0.25) is 5.91 Å². The SMILES string of the molecule is COC(=O)c1cc(NC(=O)CNC(=O)COc2ccccc2)cc(C(=O)OC)c1. The summed E-state index contributed by atoms with van der Waals surface area (Å²) in [4.78, 5) is 47.4. The second-order valence-electron chi connectivity index (χ2n) is 5.71. The third kappa shape index (κ3) is 6.65. The number of para-hydroxylation sites is 1. The normalized spacial score (nSPS) is 9.86. The molecule has 0 bridgehead atoms. The van der Waals surface area contributed by atoms with Gasteiger partial charge in [-0.3, -0.25) is 9.59 Å². The summed E-state index contributed by atoms with van der Waals surface area (Å²) in [6.45, 7) is -0.575. The molecule has 0 heterocycles. The third-order valence-electron chi connectivity index (χ3n) is 3.62. The van der Waals surface area contributed by atoms with E-state index in [1.54, 1.807) is 24.3 Å². The van der Waals surface area contributed by atoms with Gasteiger partial charge in [-0.25, -0.2) is 9.59 Å². The van der Waals surface area contributed by atoms with Crippen LogP contribution in [0.3, 0.4) is 0 Å². The number of hydrogen-bond acceptors (Lipinski definition) is 7. The molecular formula is C20H20N2O7. The number of carbonyl (C=O) groups excluding carboxylic acids is 4. The van der Waals surface area contributed by atoms with Gasteiger partial charge in [0.05, 0.1) is 31.9 Å². The van der Waals surface area contributed by atoms with E-state index in [1.165, 1.54) is 32.4 Å². The molecule has 0 spiro atoms. The zero-order valence-corrected chi connectivity index (χ0v) is 15.9. The molecule has 0 atom stereocenters. The molecule has 0 fully saturated rings. The Labute approximate surface area is 166 Å². The Kier molecular flexibility index (Phi) is 7.72. The molecule has 0 aliphatic heterocycles. The lowest BCUT2D eigenvalue weighted by Crippen LogP contribution is -2.35. The van der Waals surface area contributed by atoms with E-state index < -0.39 is 23.8 Å². The number of hydrogen-bond donors (Lipinski definition) is 2. The van der Waals surface area contributed by atoms with Gasteiger partial charge < -0.3 is 24.8 Å². The number of nitrogens with one attached hydrogen (secondary N) is 2. The van der Waals surface area contributed by atoms with Crippen LogP contribution in [0, 0.1) is 0 Å². The highest BCUT2D eigenvalue weighted by Crippen LogP contribution is 2.17. The molecule has 2 aromatic carbocycles. The largest absolute Gasteiger partial charge is 0.484 e. The smallest absolute Gasteiger partial charge is 0.337 e. The van der Waals surface area contributed by atoms with Crippen molar-refractivity contribution in [2.75, 3.05) is 32.7 Å². The third-order valence-corrected chi connectivity index (χ3v) is 3.62. The van der Waals surface area contributed by atoms with Crippen LogP contribution < -0.4 is 15.4 Å². The first-order valence-electron chi connectivity index (χ1n) is 8.49. The van der Waals surface area contributed by atoms with Crippen LogP contribution in [0.2, 0.25) is 0 Å². The predicted molar refractivity (Wildman–Crippen MR) is 103 cm³/mol. The van der Waals surface area contributed by atoms with E-state index >= 15 is 0 Å². The van der Waals surface area contributed by atoms with Crippen LogP contribution in [0.5, 0.6) is 5.75 Å². The quantitative estimate of drug-likeness (QED) is 0.643. The number of ether oxygens (including phenoxy) is 3. The van der Waals surface area contributed by atoms with E-state index in [0.717, 1.165) is 0 Å². The van der Waals surface area contributed by atoms with E-state index in [-0.39, 0.29) is 30.0 Å². The fourth-order valence-electron chi connectivity index (χ4n) is 2.27. The number of esters is 2. The van der Waals surface area contributed by atoms with Crippen molar-refractivity contribution in [1.82, 2.24) is 5.32 Å². The molecule has 0 aliphatic rings. The second-order valence-corrected chi connectivity index (χ2v) is 5.71. The van der Waals surface area contributed by atoms with Gasteiger partial charge in [0, 0.05) is 5.69 Å². The number of methoxy groups -OCH3 is 2. The molecule has 0 radical (unpaired) electrons. The minimum Gasteiger partial charge on any atom is -0.484 e. The van der Waals surface area contributed by atoms with Crippen molar-refractivity contribution in [3.05, 3.63) is 59.7 Å². The molecule has 9 nitrogen and oxygen atoms in total. The maximum absolute atomic E-state index is 12.1. The van der Waals surface area contributed by atoms with Crippen LogP contribution in [0.25, 0.3) is 0 Å². The highest BCUT2D eigenvalue weighted by molar-refractivity contribution is 6.00. The van der Waals surface area contributed by atoms with Gasteiger partial charge in [-0.2, -0.15) is 0 Å². The monoisotopic (exact) mass is 400 g/mol. The molecule has 2 aromatic rings. The van der Waals surface area contributed by atoms with Crippen LogP contribution in [0.4, 0.5) is 5.69 Å². The Balaban J connectivity index is 1.94. The summed E-state index contributed by atoms with van der Waals surface area (Å²) in [5, 5.41) is 4.91. The molecule has 2 amide bonds. The molecule has 2 rings (SSSR count). The predicted octanol–water partition coefficient (Wildman–Crippen LogP) is 1.39. The second kappa shape index (κ2) is 10.5. The molecule has 0 unspecified atom stereocenters. The van der Waals surface area contributed by atoms with Crippen molar-refractivity contribution in [3.8, 4) is 5.75 Å². The summed E-state index contributed by atoms with van der Waals surface area (Å²) in [6, 6.07) is 12.7. The van der Waals surface area contributed by atoms with Crippen molar-refractivity contribution < 1.29 is 33.4 Å². The maximum atomic E-state index is 12.1. The topological polar surface area (TPSA) is 120 Å². The van der Waals surface area contributed by atoms with E-state index in [4.69, 9.17) is 4.74 Å². The summed E-state index contributed by atoms with van der Waals surface area (Å²) in [5.41, 5.74) is 0.296. The van der Waals surface area contributed by atoms with Crippen molar-refractivity contribution in [3.63, 3.8) is 0 Å². The Morgan fingerprint density at radius 1 is 0.828 bits per heavy atom. The van der Waals surface area contributed by atoms with E-state index in [2.05, 4.69) is 20.1 Å². The zero-order valence-electron chi connectivity index (χ0n) is 15.9. The fourth-order valence-corrected chi connectivity index (χ4v) is 2.27. The Bertz CT molecular complexity index is 863. The van der Waals surface area contributed by atoms with Crippen LogP contribution >= 0.6 is 0 Å². The highest BCUT2D eigenvalue weighted by atomic mass is 16.5. The molecule has 0 saturated carbocycles. The first kappa shape index (κ1) is 21.4. The van der Waals surface area contributed by atoms with Gasteiger partial charge >= 0.3 is 11.9 Å². The van der Waals surface area contributed by atoms with Crippen LogP contribution in [-0.4, -0.2) is 51.1 Å². The Morgan fingerprint density at radius 2 is 1.41 bits per heavy atom. The van der Waals surface area contributed by atoms with Gasteiger partial charge in [0.1, 0.15) is 5.75 Å². The summed E-state index contributed by atoms with van der Waals surface area (Å²) in [5.74, 6) is -1.88. The highest BCUT2D eigenvalue weighted by Gasteiger charge is 2.15. The first-order chi connectivity index (χ1) is 13.9. The number of amides is 2. The van der Waals surface area contributed by atoms with Gasteiger partial charge in [0.15, 0.2) is 6.61 Å². The molecular weight excluding hydrogens is 380 g/mol. The minimum absolute atomic E-state index is 0.0611.